The third kappa shape index (κ3) is 4.02. The molecule has 1 saturated heterocycles. The Labute approximate surface area is 164 Å². The molecule has 1 aliphatic carbocycles. The summed E-state index contributed by atoms with van der Waals surface area (Å²) in [6.07, 6.45) is 4.70. The summed E-state index contributed by atoms with van der Waals surface area (Å²) in [5, 5.41) is 0. The minimum atomic E-state index is -0.230. The second-order valence-corrected chi connectivity index (χ2v) is 7.87. The van der Waals surface area contributed by atoms with E-state index in [-0.39, 0.29) is 23.3 Å². The minimum absolute atomic E-state index is 0.152. The van der Waals surface area contributed by atoms with E-state index in [9.17, 15) is 14.0 Å². The van der Waals surface area contributed by atoms with Gasteiger partial charge in [-0.1, -0.05) is 12.1 Å². The summed E-state index contributed by atoms with van der Waals surface area (Å²) in [7, 11) is 0. The van der Waals surface area contributed by atoms with Crippen LogP contribution in [-0.4, -0.2) is 46.5 Å². The number of hydrogen-bond acceptors (Lipinski definition) is 3. The number of benzene rings is 1. The molecule has 0 bridgehead atoms. The zero-order valence-corrected chi connectivity index (χ0v) is 16.2. The van der Waals surface area contributed by atoms with Crippen LogP contribution < -0.4 is 5.56 Å². The van der Waals surface area contributed by atoms with Gasteiger partial charge in [-0.25, -0.2) is 4.39 Å². The first-order valence-corrected chi connectivity index (χ1v) is 10.0. The monoisotopic (exact) mass is 383 g/mol. The minimum Gasteiger partial charge on any atom is -0.337 e. The molecule has 0 atom stereocenters. The fraction of sp³-hybridized carbons (Fsp3) is 0.455. The smallest absolute Gasteiger partial charge is 0.263 e. The number of aryl methyl sites for hydroxylation is 1. The number of halogens is 1. The van der Waals surface area contributed by atoms with Crippen LogP contribution in [0.4, 0.5) is 4.39 Å². The summed E-state index contributed by atoms with van der Waals surface area (Å²) in [4.78, 5) is 30.1. The molecule has 2 aromatic rings. The summed E-state index contributed by atoms with van der Waals surface area (Å²) >= 11 is 0. The van der Waals surface area contributed by atoms with Crippen LogP contribution in [0, 0.1) is 12.7 Å². The summed E-state index contributed by atoms with van der Waals surface area (Å²) in [5.74, 6) is -0.382. The van der Waals surface area contributed by atoms with Gasteiger partial charge < -0.3 is 9.47 Å². The molecule has 0 unspecified atom stereocenters. The van der Waals surface area contributed by atoms with Gasteiger partial charge in [0.2, 0.25) is 0 Å². The molecule has 1 saturated carbocycles. The number of nitrogens with zero attached hydrogens (tertiary/aromatic N) is 3. The zero-order chi connectivity index (χ0) is 19.7. The second kappa shape index (κ2) is 7.87. The maximum absolute atomic E-state index is 13.1. The van der Waals surface area contributed by atoms with Crippen LogP contribution in [0.1, 0.15) is 46.8 Å². The van der Waals surface area contributed by atoms with E-state index in [0.717, 1.165) is 50.0 Å². The molecule has 4 rings (SSSR count). The summed E-state index contributed by atoms with van der Waals surface area (Å²) in [6, 6.07) is 8.70. The van der Waals surface area contributed by atoms with Crippen LogP contribution in [0.3, 0.4) is 0 Å². The van der Waals surface area contributed by atoms with Crippen molar-refractivity contribution in [2.24, 2.45) is 0 Å². The molecule has 1 amide bonds. The van der Waals surface area contributed by atoms with Gasteiger partial charge in [-0.15, -0.1) is 0 Å². The summed E-state index contributed by atoms with van der Waals surface area (Å²) in [5.41, 5.74) is 1.98. The standard InChI is InChI=1S/C22H26FN3O2/c1-16-9-12-26(19-7-8-19)22(28)20(16)21(27)25-11-2-10-24(13-14-25)15-17-3-5-18(23)6-4-17/h3-6,9,12,19H,2,7-8,10-11,13-15H2,1H3. The van der Waals surface area contributed by atoms with Gasteiger partial charge in [0.15, 0.2) is 0 Å². The Morgan fingerprint density at radius 1 is 1.07 bits per heavy atom. The average Bonchev–Trinajstić information content (AvgIpc) is 3.51. The highest BCUT2D eigenvalue weighted by molar-refractivity contribution is 5.95. The SMILES string of the molecule is Cc1ccn(C2CC2)c(=O)c1C(=O)N1CCCN(Cc2ccc(F)cc2)CC1. The first-order chi connectivity index (χ1) is 13.5. The van der Waals surface area contributed by atoms with Gasteiger partial charge in [0.1, 0.15) is 11.4 Å². The van der Waals surface area contributed by atoms with Crippen molar-refractivity contribution >= 4 is 5.91 Å². The predicted octanol–water partition coefficient (Wildman–Crippen LogP) is 2.98. The molecular weight excluding hydrogens is 357 g/mol. The lowest BCUT2D eigenvalue weighted by Crippen LogP contribution is -2.39. The van der Waals surface area contributed by atoms with Gasteiger partial charge in [-0.2, -0.15) is 0 Å². The Bertz CT molecular complexity index is 918. The van der Waals surface area contributed by atoms with Gasteiger partial charge in [-0.05, 0) is 55.5 Å². The Hall–Kier alpha value is -2.47. The van der Waals surface area contributed by atoms with E-state index in [1.807, 2.05) is 24.1 Å². The number of carbonyl (C=O) groups excluding carboxylic acids is 1. The Balaban J connectivity index is 1.46. The van der Waals surface area contributed by atoms with E-state index >= 15 is 0 Å². The van der Waals surface area contributed by atoms with Crippen LogP contribution in [0.2, 0.25) is 0 Å². The van der Waals surface area contributed by atoms with Crippen LogP contribution in [-0.2, 0) is 6.54 Å². The molecule has 6 heteroatoms. The largest absolute Gasteiger partial charge is 0.337 e. The van der Waals surface area contributed by atoms with E-state index in [2.05, 4.69) is 4.90 Å². The third-order valence-corrected chi connectivity index (χ3v) is 5.68. The fourth-order valence-electron chi connectivity index (χ4n) is 3.88. The molecule has 0 radical (unpaired) electrons. The molecular formula is C22H26FN3O2. The lowest BCUT2D eigenvalue weighted by molar-refractivity contribution is 0.0758. The molecule has 0 N–H and O–H groups in total. The molecule has 1 aliphatic heterocycles. The van der Waals surface area contributed by atoms with Crippen molar-refractivity contribution in [2.45, 2.75) is 38.8 Å². The van der Waals surface area contributed by atoms with E-state index in [1.54, 1.807) is 16.7 Å². The van der Waals surface area contributed by atoms with Gasteiger partial charge in [-0.3, -0.25) is 14.5 Å². The van der Waals surface area contributed by atoms with Crippen molar-refractivity contribution in [3.8, 4) is 0 Å². The average molecular weight is 383 g/mol. The van der Waals surface area contributed by atoms with Gasteiger partial charge in [0.05, 0.1) is 0 Å². The Morgan fingerprint density at radius 3 is 2.54 bits per heavy atom. The van der Waals surface area contributed by atoms with E-state index < -0.39 is 0 Å². The van der Waals surface area contributed by atoms with Crippen LogP contribution in [0.5, 0.6) is 0 Å². The summed E-state index contributed by atoms with van der Waals surface area (Å²) in [6.45, 7) is 5.44. The molecule has 148 valence electrons. The lowest BCUT2D eigenvalue weighted by Gasteiger charge is -2.23. The van der Waals surface area contributed by atoms with Crippen LogP contribution in [0.15, 0.2) is 41.3 Å². The maximum Gasteiger partial charge on any atom is 0.263 e. The van der Waals surface area contributed by atoms with E-state index in [4.69, 9.17) is 0 Å². The number of rotatable bonds is 4. The van der Waals surface area contributed by atoms with E-state index in [0.29, 0.717) is 18.7 Å². The van der Waals surface area contributed by atoms with Crippen LogP contribution in [0.25, 0.3) is 0 Å². The van der Waals surface area contributed by atoms with E-state index in [1.165, 1.54) is 12.1 Å². The number of aromatic nitrogens is 1. The highest BCUT2D eigenvalue weighted by atomic mass is 19.1. The molecule has 2 heterocycles. The number of carbonyl (C=O) groups is 1. The van der Waals surface area contributed by atoms with Gasteiger partial charge in [0.25, 0.3) is 11.5 Å². The predicted molar refractivity (Wildman–Crippen MR) is 106 cm³/mol. The normalized spacial score (nSPS) is 18.1. The van der Waals surface area contributed by atoms with Crippen molar-refractivity contribution in [3.63, 3.8) is 0 Å². The van der Waals surface area contributed by atoms with Gasteiger partial charge in [0, 0.05) is 45.0 Å². The molecule has 28 heavy (non-hydrogen) atoms. The Kier molecular flexibility index (Phi) is 5.31. The van der Waals surface area contributed by atoms with Gasteiger partial charge >= 0.3 is 0 Å². The fourth-order valence-corrected chi connectivity index (χ4v) is 3.88. The first kappa shape index (κ1) is 18.9. The molecule has 1 aromatic carbocycles. The zero-order valence-electron chi connectivity index (χ0n) is 16.2. The molecule has 2 fully saturated rings. The van der Waals surface area contributed by atoms with Crippen molar-refractivity contribution < 1.29 is 9.18 Å². The van der Waals surface area contributed by atoms with Crippen molar-refractivity contribution in [1.29, 1.82) is 0 Å². The molecule has 5 nitrogen and oxygen atoms in total. The number of amides is 1. The Morgan fingerprint density at radius 2 is 1.82 bits per heavy atom. The maximum atomic E-state index is 13.1. The molecule has 2 aliphatic rings. The van der Waals surface area contributed by atoms with Crippen molar-refractivity contribution in [1.82, 2.24) is 14.4 Å². The lowest BCUT2D eigenvalue weighted by atomic mass is 10.1. The van der Waals surface area contributed by atoms with Crippen molar-refractivity contribution in [2.75, 3.05) is 26.2 Å². The number of hydrogen-bond donors (Lipinski definition) is 0. The van der Waals surface area contributed by atoms with Crippen LogP contribution >= 0.6 is 0 Å². The quantitative estimate of drug-likeness (QED) is 0.815. The molecule has 1 aromatic heterocycles. The second-order valence-electron chi connectivity index (χ2n) is 7.87. The highest BCUT2D eigenvalue weighted by Crippen LogP contribution is 2.33. The number of pyridine rings is 1. The molecule has 0 spiro atoms. The van der Waals surface area contributed by atoms with Crippen molar-refractivity contribution in [3.05, 3.63) is 69.4 Å². The first-order valence-electron chi connectivity index (χ1n) is 10.0. The summed E-state index contributed by atoms with van der Waals surface area (Å²) < 4.78 is 14.8. The third-order valence-electron chi connectivity index (χ3n) is 5.68. The highest BCUT2D eigenvalue weighted by Gasteiger charge is 2.29. The topological polar surface area (TPSA) is 45.6 Å².